The van der Waals surface area contributed by atoms with Crippen molar-refractivity contribution >= 4 is 11.9 Å². The van der Waals surface area contributed by atoms with Gasteiger partial charge in [0.25, 0.3) is 0 Å². The van der Waals surface area contributed by atoms with Crippen molar-refractivity contribution in [3.05, 3.63) is 46.8 Å². The molecule has 0 saturated heterocycles. The second kappa shape index (κ2) is 7.82. The third-order valence-corrected chi connectivity index (χ3v) is 5.15. The van der Waals surface area contributed by atoms with Gasteiger partial charge in [0.2, 0.25) is 5.91 Å². The normalized spacial score (nSPS) is 14.6. The number of hydrogen-bond acceptors (Lipinski definition) is 4. The van der Waals surface area contributed by atoms with E-state index in [1.165, 1.54) is 0 Å². The maximum Gasteiger partial charge on any atom is 0.356 e. The van der Waals surface area contributed by atoms with Crippen LogP contribution in [-0.2, 0) is 24.3 Å². The van der Waals surface area contributed by atoms with E-state index in [9.17, 15) is 14.7 Å². The molecule has 0 fully saturated rings. The summed E-state index contributed by atoms with van der Waals surface area (Å²) in [6, 6.07) is 7.63. The number of carbonyl (C=O) groups excluding carboxylic acids is 1. The third kappa shape index (κ3) is 3.82. The molecule has 1 aromatic carbocycles. The van der Waals surface area contributed by atoms with Crippen molar-refractivity contribution < 1.29 is 19.4 Å². The third-order valence-electron chi connectivity index (χ3n) is 5.15. The number of nitrogens with zero attached hydrogens (tertiary/aromatic N) is 3. The summed E-state index contributed by atoms with van der Waals surface area (Å²) in [4.78, 5) is 26.0. The van der Waals surface area contributed by atoms with Crippen LogP contribution in [0.5, 0.6) is 5.75 Å². The van der Waals surface area contributed by atoms with E-state index in [4.69, 9.17) is 4.74 Å². The Bertz CT molecular complexity index is 859. The lowest BCUT2D eigenvalue weighted by atomic mass is 10.0. The summed E-state index contributed by atoms with van der Waals surface area (Å²) in [5.74, 6) is -0.308. The van der Waals surface area contributed by atoms with Crippen LogP contribution in [0.15, 0.2) is 24.3 Å². The standard InChI is InChI=1S/C20H25N3O4/c1-4-13(2)19(24)22-9-8-17-16(12-22)18(20(25)26)21-23(17)11-14-6-5-7-15(10-14)27-3/h5-7,10,13H,4,8-9,11-12H2,1-3H3,(H,25,26)/t13-/m0/s1. The van der Waals surface area contributed by atoms with E-state index in [1.807, 2.05) is 38.1 Å². The molecule has 1 N–H and O–H groups in total. The van der Waals surface area contributed by atoms with Crippen molar-refractivity contribution in [2.24, 2.45) is 5.92 Å². The van der Waals surface area contributed by atoms with Gasteiger partial charge in [-0.1, -0.05) is 26.0 Å². The summed E-state index contributed by atoms with van der Waals surface area (Å²) >= 11 is 0. The minimum Gasteiger partial charge on any atom is -0.497 e. The van der Waals surface area contributed by atoms with Gasteiger partial charge in [-0.25, -0.2) is 4.79 Å². The molecule has 7 heteroatoms. The number of aromatic nitrogens is 2. The van der Waals surface area contributed by atoms with Crippen molar-refractivity contribution in [2.45, 2.75) is 39.8 Å². The molecule has 1 aliphatic heterocycles. The number of amides is 1. The van der Waals surface area contributed by atoms with Gasteiger partial charge in [-0.2, -0.15) is 5.10 Å². The Labute approximate surface area is 158 Å². The van der Waals surface area contributed by atoms with Crippen LogP contribution in [0.25, 0.3) is 0 Å². The van der Waals surface area contributed by atoms with E-state index in [-0.39, 0.29) is 17.5 Å². The lowest BCUT2D eigenvalue weighted by Crippen LogP contribution is -2.39. The van der Waals surface area contributed by atoms with E-state index in [0.29, 0.717) is 31.6 Å². The van der Waals surface area contributed by atoms with Crippen molar-refractivity contribution in [3.63, 3.8) is 0 Å². The summed E-state index contributed by atoms with van der Waals surface area (Å²) < 4.78 is 7.00. The maximum atomic E-state index is 12.5. The van der Waals surface area contributed by atoms with E-state index in [1.54, 1.807) is 16.7 Å². The Balaban J connectivity index is 1.91. The minimum absolute atomic E-state index is 0.0366. The Morgan fingerprint density at radius 2 is 2.15 bits per heavy atom. The number of benzene rings is 1. The van der Waals surface area contributed by atoms with E-state index >= 15 is 0 Å². The number of rotatable bonds is 6. The van der Waals surface area contributed by atoms with Gasteiger partial charge in [0.05, 0.1) is 13.7 Å². The molecule has 0 unspecified atom stereocenters. The lowest BCUT2D eigenvalue weighted by Gasteiger charge is -2.29. The molecule has 0 aliphatic carbocycles. The fraction of sp³-hybridized carbons (Fsp3) is 0.450. The number of ether oxygens (including phenoxy) is 1. The molecular formula is C20H25N3O4. The smallest absolute Gasteiger partial charge is 0.356 e. The molecule has 0 saturated carbocycles. The van der Waals surface area contributed by atoms with Gasteiger partial charge >= 0.3 is 5.97 Å². The van der Waals surface area contributed by atoms with Crippen molar-refractivity contribution in [1.29, 1.82) is 0 Å². The van der Waals surface area contributed by atoms with Crippen LogP contribution in [-0.4, -0.2) is 45.3 Å². The average molecular weight is 371 g/mol. The topological polar surface area (TPSA) is 84.7 Å². The van der Waals surface area contributed by atoms with Gasteiger partial charge in [-0.15, -0.1) is 0 Å². The Morgan fingerprint density at radius 3 is 2.81 bits per heavy atom. The SMILES string of the molecule is CC[C@H](C)C(=O)N1CCc2c(c(C(=O)O)nn2Cc2cccc(OC)c2)C1. The number of fused-ring (bicyclic) bond motifs is 1. The highest BCUT2D eigenvalue weighted by atomic mass is 16.5. The Hall–Kier alpha value is -2.83. The predicted octanol–water partition coefficient (Wildman–Crippen LogP) is 2.57. The monoisotopic (exact) mass is 371 g/mol. The minimum atomic E-state index is -1.06. The zero-order valence-corrected chi connectivity index (χ0v) is 15.9. The van der Waals surface area contributed by atoms with Gasteiger partial charge in [-0.05, 0) is 24.1 Å². The van der Waals surface area contributed by atoms with Crippen LogP contribution >= 0.6 is 0 Å². The number of aromatic carboxylic acids is 1. The Morgan fingerprint density at radius 1 is 1.37 bits per heavy atom. The van der Waals surface area contributed by atoms with E-state index in [2.05, 4.69) is 5.10 Å². The number of carboxylic acid groups (broad SMARTS) is 1. The van der Waals surface area contributed by atoms with Crippen molar-refractivity contribution in [1.82, 2.24) is 14.7 Å². The average Bonchev–Trinajstić information content (AvgIpc) is 3.04. The summed E-state index contributed by atoms with van der Waals surface area (Å²) in [5.41, 5.74) is 2.56. The second-order valence-corrected chi connectivity index (χ2v) is 6.91. The molecule has 0 radical (unpaired) electrons. The number of carbonyl (C=O) groups is 2. The van der Waals surface area contributed by atoms with Gasteiger partial charge in [-0.3, -0.25) is 9.48 Å². The molecule has 2 aromatic rings. The van der Waals surface area contributed by atoms with Gasteiger partial charge in [0.15, 0.2) is 5.69 Å². The summed E-state index contributed by atoms with van der Waals surface area (Å²) in [6.45, 7) is 5.23. The van der Waals surface area contributed by atoms with Crippen LogP contribution in [0.1, 0.15) is 47.6 Å². The number of hydrogen-bond donors (Lipinski definition) is 1. The molecule has 1 atom stereocenters. The maximum absolute atomic E-state index is 12.5. The predicted molar refractivity (Wildman–Crippen MR) is 99.9 cm³/mol. The molecule has 1 aromatic heterocycles. The summed E-state index contributed by atoms with van der Waals surface area (Å²) in [7, 11) is 1.61. The van der Waals surface area contributed by atoms with E-state index in [0.717, 1.165) is 23.4 Å². The van der Waals surface area contributed by atoms with Crippen molar-refractivity contribution in [2.75, 3.05) is 13.7 Å². The van der Waals surface area contributed by atoms with Gasteiger partial charge in [0.1, 0.15) is 5.75 Å². The largest absolute Gasteiger partial charge is 0.497 e. The highest BCUT2D eigenvalue weighted by Crippen LogP contribution is 2.25. The van der Waals surface area contributed by atoms with Crippen LogP contribution in [0, 0.1) is 5.92 Å². The second-order valence-electron chi connectivity index (χ2n) is 6.91. The zero-order chi connectivity index (χ0) is 19.6. The summed E-state index contributed by atoms with van der Waals surface area (Å²) in [6.07, 6.45) is 1.37. The molecule has 3 rings (SSSR count). The van der Waals surface area contributed by atoms with Gasteiger partial charge < -0.3 is 14.7 Å². The molecule has 1 aliphatic rings. The fourth-order valence-electron chi connectivity index (χ4n) is 3.41. The molecule has 2 heterocycles. The fourth-order valence-corrected chi connectivity index (χ4v) is 3.41. The highest BCUT2D eigenvalue weighted by molar-refractivity contribution is 5.88. The van der Waals surface area contributed by atoms with Gasteiger partial charge in [0, 0.05) is 36.7 Å². The lowest BCUT2D eigenvalue weighted by molar-refractivity contribution is -0.136. The molecular weight excluding hydrogens is 346 g/mol. The van der Waals surface area contributed by atoms with Crippen LogP contribution in [0.2, 0.25) is 0 Å². The molecule has 0 spiro atoms. The first-order valence-corrected chi connectivity index (χ1v) is 9.18. The quantitative estimate of drug-likeness (QED) is 0.844. The summed E-state index contributed by atoms with van der Waals surface area (Å²) in [5, 5.41) is 13.9. The first kappa shape index (κ1) is 18.9. The van der Waals surface area contributed by atoms with E-state index < -0.39 is 5.97 Å². The zero-order valence-electron chi connectivity index (χ0n) is 15.9. The first-order chi connectivity index (χ1) is 12.9. The van der Waals surface area contributed by atoms with Crippen LogP contribution in [0.4, 0.5) is 0 Å². The highest BCUT2D eigenvalue weighted by Gasteiger charge is 2.31. The molecule has 27 heavy (non-hydrogen) atoms. The van der Waals surface area contributed by atoms with Crippen molar-refractivity contribution in [3.8, 4) is 5.75 Å². The van der Waals surface area contributed by atoms with Crippen LogP contribution in [0.3, 0.4) is 0 Å². The number of methoxy groups -OCH3 is 1. The van der Waals surface area contributed by atoms with Crippen LogP contribution < -0.4 is 4.74 Å². The molecule has 144 valence electrons. The molecule has 0 bridgehead atoms. The Kier molecular flexibility index (Phi) is 5.48. The molecule has 7 nitrogen and oxygen atoms in total. The first-order valence-electron chi connectivity index (χ1n) is 9.18. The number of carboxylic acids is 1. The molecule has 1 amide bonds.